The van der Waals surface area contributed by atoms with E-state index in [2.05, 4.69) is 19.9 Å². The van der Waals surface area contributed by atoms with Gasteiger partial charge in [-0.05, 0) is 25.0 Å². The average Bonchev–Trinajstić information content (AvgIpc) is 2.36. The Labute approximate surface area is 109 Å². The summed E-state index contributed by atoms with van der Waals surface area (Å²) in [6.07, 6.45) is 3.31. The van der Waals surface area contributed by atoms with E-state index in [9.17, 15) is 0 Å². The Morgan fingerprint density at radius 2 is 2.00 bits per heavy atom. The first kappa shape index (κ1) is 14.4. The van der Waals surface area contributed by atoms with E-state index in [1.807, 2.05) is 30.0 Å². The number of benzene rings is 1. The number of hydrogen-bond acceptors (Lipinski definition) is 3. The Morgan fingerprint density at radius 3 is 2.59 bits per heavy atom. The molecule has 2 N–H and O–H groups in total. The Balaban J connectivity index is 2.73. The zero-order chi connectivity index (χ0) is 12.7. The van der Waals surface area contributed by atoms with E-state index >= 15 is 0 Å². The van der Waals surface area contributed by atoms with E-state index in [0.29, 0.717) is 5.25 Å². The fourth-order valence-corrected chi connectivity index (χ4v) is 3.10. The lowest BCUT2D eigenvalue weighted by molar-refractivity contribution is 0.404. The smallest absolute Gasteiger partial charge is 0.132 e. The van der Waals surface area contributed by atoms with Crippen LogP contribution in [0.15, 0.2) is 29.2 Å². The standard InChI is InChI=1S/C14H23NOS/c1-4-8-11(15)13(5-2)17-14-10-7-6-9-12(14)16-3/h6-7,9-11,13H,4-5,8,15H2,1-3H3. The number of thioether (sulfide) groups is 1. The van der Waals surface area contributed by atoms with Gasteiger partial charge >= 0.3 is 0 Å². The van der Waals surface area contributed by atoms with Gasteiger partial charge in [0, 0.05) is 16.2 Å². The molecule has 0 saturated carbocycles. The summed E-state index contributed by atoms with van der Waals surface area (Å²) >= 11 is 1.84. The van der Waals surface area contributed by atoms with E-state index in [1.165, 1.54) is 4.90 Å². The van der Waals surface area contributed by atoms with Crippen molar-refractivity contribution in [1.29, 1.82) is 0 Å². The highest BCUT2D eigenvalue weighted by molar-refractivity contribution is 8.00. The predicted molar refractivity (Wildman–Crippen MR) is 75.8 cm³/mol. The molecular formula is C14H23NOS. The van der Waals surface area contributed by atoms with Crippen molar-refractivity contribution in [3.05, 3.63) is 24.3 Å². The molecule has 0 amide bonds. The minimum atomic E-state index is 0.264. The topological polar surface area (TPSA) is 35.2 Å². The van der Waals surface area contributed by atoms with Gasteiger partial charge in [-0.2, -0.15) is 0 Å². The summed E-state index contributed by atoms with van der Waals surface area (Å²) in [5.74, 6) is 0.944. The van der Waals surface area contributed by atoms with Crippen LogP contribution in [0, 0.1) is 0 Å². The van der Waals surface area contributed by atoms with Gasteiger partial charge in [0.2, 0.25) is 0 Å². The van der Waals surface area contributed by atoms with Crippen LogP contribution in [0.1, 0.15) is 33.1 Å². The van der Waals surface area contributed by atoms with Crippen LogP contribution < -0.4 is 10.5 Å². The van der Waals surface area contributed by atoms with E-state index in [-0.39, 0.29) is 6.04 Å². The minimum Gasteiger partial charge on any atom is -0.496 e. The van der Waals surface area contributed by atoms with E-state index in [1.54, 1.807) is 7.11 Å². The first-order valence-corrected chi connectivity index (χ1v) is 7.16. The summed E-state index contributed by atoms with van der Waals surface area (Å²) in [7, 11) is 1.71. The van der Waals surface area contributed by atoms with Crippen LogP contribution in [0.3, 0.4) is 0 Å². The molecule has 2 nitrogen and oxygen atoms in total. The quantitative estimate of drug-likeness (QED) is 0.753. The Morgan fingerprint density at radius 1 is 1.29 bits per heavy atom. The van der Waals surface area contributed by atoms with Crippen LogP contribution in [-0.4, -0.2) is 18.4 Å². The van der Waals surface area contributed by atoms with Crippen molar-refractivity contribution in [3.8, 4) is 5.75 Å². The molecule has 0 heterocycles. The zero-order valence-corrected chi connectivity index (χ0v) is 11.8. The normalized spacial score (nSPS) is 14.4. The van der Waals surface area contributed by atoms with Crippen molar-refractivity contribution in [3.63, 3.8) is 0 Å². The van der Waals surface area contributed by atoms with Crippen molar-refractivity contribution in [2.75, 3.05) is 7.11 Å². The van der Waals surface area contributed by atoms with Gasteiger partial charge in [-0.25, -0.2) is 0 Å². The third kappa shape index (κ3) is 4.25. The lowest BCUT2D eigenvalue weighted by atomic mass is 10.1. The van der Waals surface area contributed by atoms with Crippen molar-refractivity contribution >= 4 is 11.8 Å². The summed E-state index contributed by atoms with van der Waals surface area (Å²) in [4.78, 5) is 1.19. The second-order valence-corrected chi connectivity index (χ2v) is 5.45. The average molecular weight is 253 g/mol. The zero-order valence-electron chi connectivity index (χ0n) is 11.0. The van der Waals surface area contributed by atoms with Crippen molar-refractivity contribution < 1.29 is 4.74 Å². The molecule has 1 aromatic carbocycles. The second kappa shape index (κ2) is 7.62. The number of rotatable bonds is 7. The predicted octanol–water partition coefficient (Wildman–Crippen LogP) is 3.69. The van der Waals surface area contributed by atoms with Gasteiger partial charge < -0.3 is 10.5 Å². The molecule has 0 aliphatic heterocycles. The first-order chi connectivity index (χ1) is 8.22. The summed E-state index contributed by atoms with van der Waals surface area (Å²) in [6.45, 7) is 4.38. The van der Waals surface area contributed by atoms with E-state index in [0.717, 1.165) is 25.0 Å². The molecule has 0 aliphatic rings. The largest absolute Gasteiger partial charge is 0.496 e. The molecule has 1 rings (SSSR count). The van der Waals surface area contributed by atoms with Gasteiger partial charge in [0.1, 0.15) is 5.75 Å². The fraction of sp³-hybridized carbons (Fsp3) is 0.571. The maximum Gasteiger partial charge on any atom is 0.132 e. The number of ether oxygens (including phenoxy) is 1. The molecule has 2 atom stereocenters. The van der Waals surface area contributed by atoms with Crippen LogP contribution in [0.5, 0.6) is 5.75 Å². The SMILES string of the molecule is CCCC(N)C(CC)Sc1ccccc1OC. The molecule has 3 heteroatoms. The number of para-hydroxylation sites is 1. The van der Waals surface area contributed by atoms with Crippen molar-refractivity contribution in [2.24, 2.45) is 5.73 Å². The molecule has 2 unspecified atom stereocenters. The molecule has 0 aromatic heterocycles. The van der Waals surface area contributed by atoms with Crippen LogP contribution >= 0.6 is 11.8 Å². The van der Waals surface area contributed by atoms with Gasteiger partial charge in [0.15, 0.2) is 0 Å². The second-order valence-electron chi connectivity index (χ2n) is 4.17. The maximum atomic E-state index is 6.22. The summed E-state index contributed by atoms with van der Waals surface area (Å²) in [5.41, 5.74) is 6.22. The molecule has 0 radical (unpaired) electrons. The van der Waals surface area contributed by atoms with Gasteiger partial charge in [-0.1, -0.05) is 32.4 Å². The van der Waals surface area contributed by atoms with Crippen molar-refractivity contribution in [1.82, 2.24) is 0 Å². The van der Waals surface area contributed by atoms with Gasteiger partial charge in [-0.15, -0.1) is 11.8 Å². The Bertz CT molecular complexity index is 330. The highest BCUT2D eigenvalue weighted by Crippen LogP contribution is 2.34. The van der Waals surface area contributed by atoms with Crippen LogP contribution in [0.4, 0.5) is 0 Å². The molecule has 1 aromatic rings. The first-order valence-electron chi connectivity index (χ1n) is 6.28. The van der Waals surface area contributed by atoms with Gasteiger partial charge in [0.05, 0.1) is 7.11 Å². The minimum absolute atomic E-state index is 0.264. The number of methoxy groups -OCH3 is 1. The number of nitrogens with two attached hydrogens (primary N) is 1. The van der Waals surface area contributed by atoms with Gasteiger partial charge in [0.25, 0.3) is 0 Å². The molecule has 17 heavy (non-hydrogen) atoms. The molecule has 0 bridgehead atoms. The van der Waals surface area contributed by atoms with Crippen LogP contribution in [-0.2, 0) is 0 Å². The summed E-state index contributed by atoms with van der Waals surface area (Å²) in [6, 6.07) is 8.41. The summed E-state index contributed by atoms with van der Waals surface area (Å²) < 4.78 is 5.37. The molecule has 0 aliphatic carbocycles. The van der Waals surface area contributed by atoms with Crippen LogP contribution in [0.2, 0.25) is 0 Å². The molecule has 0 spiro atoms. The lowest BCUT2D eigenvalue weighted by Crippen LogP contribution is -2.31. The van der Waals surface area contributed by atoms with Crippen LogP contribution in [0.25, 0.3) is 0 Å². The monoisotopic (exact) mass is 253 g/mol. The molecule has 0 fully saturated rings. The maximum absolute atomic E-state index is 6.22. The summed E-state index contributed by atoms with van der Waals surface area (Å²) in [5, 5.41) is 0.464. The lowest BCUT2D eigenvalue weighted by Gasteiger charge is -2.22. The third-order valence-electron chi connectivity index (χ3n) is 2.85. The molecule has 96 valence electrons. The molecular weight excluding hydrogens is 230 g/mol. The third-order valence-corrected chi connectivity index (χ3v) is 4.43. The highest BCUT2D eigenvalue weighted by Gasteiger charge is 2.18. The fourth-order valence-electron chi connectivity index (χ4n) is 1.87. The van der Waals surface area contributed by atoms with E-state index in [4.69, 9.17) is 10.5 Å². The number of hydrogen-bond donors (Lipinski definition) is 1. The molecule has 0 saturated heterocycles. The Hall–Kier alpha value is -0.670. The Kier molecular flexibility index (Phi) is 6.45. The van der Waals surface area contributed by atoms with Gasteiger partial charge in [-0.3, -0.25) is 0 Å². The highest BCUT2D eigenvalue weighted by atomic mass is 32.2. The van der Waals surface area contributed by atoms with Crippen molar-refractivity contribution in [2.45, 2.75) is 49.3 Å². The van der Waals surface area contributed by atoms with E-state index < -0.39 is 0 Å².